The third-order valence-electron chi connectivity index (χ3n) is 1.69. The summed E-state index contributed by atoms with van der Waals surface area (Å²) in [6.07, 6.45) is 2.10. The summed E-state index contributed by atoms with van der Waals surface area (Å²) in [5.41, 5.74) is 0. The molecule has 0 saturated carbocycles. The summed E-state index contributed by atoms with van der Waals surface area (Å²) in [7, 11) is 3.38. The summed E-state index contributed by atoms with van der Waals surface area (Å²) < 4.78 is 20.3. The summed E-state index contributed by atoms with van der Waals surface area (Å²) in [6, 6.07) is 0. The fourth-order valence-corrected chi connectivity index (χ4v) is 0.915. The maximum Gasteiger partial charge on any atom is 0.0701 e. The fourth-order valence-electron chi connectivity index (χ4n) is 0.915. The van der Waals surface area contributed by atoms with Gasteiger partial charge in [0.25, 0.3) is 0 Å². The highest BCUT2D eigenvalue weighted by Gasteiger charge is 1.90. The van der Waals surface area contributed by atoms with Crippen molar-refractivity contribution in [1.82, 2.24) is 0 Å². The molecule has 0 aliphatic rings. The molecule has 0 rings (SSSR count). The molecule has 4 nitrogen and oxygen atoms in total. The third kappa shape index (κ3) is 11.8. The molecule has 0 bridgehead atoms. The second kappa shape index (κ2) is 12.8. The minimum atomic E-state index is 0.642. The smallest absolute Gasteiger partial charge is 0.0701 e. The lowest BCUT2D eigenvalue weighted by Gasteiger charge is -2.05. The van der Waals surface area contributed by atoms with Crippen LogP contribution in [0.1, 0.15) is 12.8 Å². The van der Waals surface area contributed by atoms with Crippen LogP contribution in [-0.4, -0.2) is 53.9 Å². The average molecular weight is 206 g/mol. The summed E-state index contributed by atoms with van der Waals surface area (Å²) in [6.45, 7) is 4.20. The Kier molecular flexibility index (Phi) is 12.7. The quantitative estimate of drug-likeness (QED) is 0.474. The lowest BCUT2D eigenvalue weighted by Crippen LogP contribution is -2.09. The molecule has 0 heterocycles. The highest BCUT2D eigenvalue weighted by molar-refractivity contribution is 4.37. The predicted molar refractivity (Wildman–Crippen MR) is 54.6 cm³/mol. The maximum atomic E-state index is 5.34. The molecule has 0 N–H and O–H groups in total. The van der Waals surface area contributed by atoms with Crippen molar-refractivity contribution in [3.8, 4) is 0 Å². The molecule has 4 heteroatoms. The van der Waals surface area contributed by atoms with Crippen LogP contribution in [0.4, 0.5) is 0 Å². The minimum Gasteiger partial charge on any atom is -0.385 e. The standard InChI is InChI=1S/C10H22O4/c1-11-5-3-4-6-13-9-10-14-8-7-12-2/h3-10H2,1-2H3. The van der Waals surface area contributed by atoms with Gasteiger partial charge in [-0.1, -0.05) is 0 Å². The van der Waals surface area contributed by atoms with Crippen LogP contribution in [-0.2, 0) is 18.9 Å². The van der Waals surface area contributed by atoms with Crippen LogP contribution in [0.3, 0.4) is 0 Å². The first kappa shape index (κ1) is 13.8. The van der Waals surface area contributed by atoms with Crippen LogP contribution in [0.15, 0.2) is 0 Å². The van der Waals surface area contributed by atoms with Crippen molar-refractivity contribution in [3.63, 3.8) is 0 Å². The van der Waals surface area contributed by atoms with Gasteiger partial charge in [-0.3, -0.25) is 0 Å². The zero-order chi connectivity index (χ0) is 10.5. The number of methoxy groups -OCH3 is 2. The van der Waals surface area contributed by atoms with Crippen molar-refractivity contribution in [2.24, 2.45) is 0 Å². The largest absolute Gasteiger partial charge is 0.385 e. The first-order chi connectivity index (χ1) is 6.91. The molecule has 0 spiro atoms. The third-order valence-corrected chi connectivity index (χ3v) is 1.69. The Morgan fingerprint density at radius 1 is 0.571 bits per heavy atom. The van der Waals surface area contributed by atoms with Crippen LogP contribution in [0, 0.1) is 0 Å². The predicted octanol–water partition coefficient (Wildman–Crippen LogP) is 1.09. The highest BCUT2D eigenvalue weighted by atomic mass is 16.5. The van der Waals surface area contributed by atoms with E-state index in [0.29, 0.717) is 26.4 Å². The molecular formula is C10H22O4. The number of unbranched alkanes of at least 4 members (excludes halogenated alkanes) is 1. The van der Waals surface area contributed by atoms with Crippen molar-refractivity contribution in [2.75, 3.05) is 53.9 Å². The van der Waals surface area contributed by atoms with Gasteiger partial charge >= 0.3 is 0 Å². The number of ether oxygens (including phenoxy) is 4. The SMILES string of the molecule is COCCCCOCCOCCOC. The lowest BCUT2D eigenvalue weighted by molar-refractivity contribution is 0.0230. The van der Waals surface area contributed by atoms with Gasteiger partial charge in [-0.05, 0) is 12.8 Å². The topological polar surface area (TPSA) is 36.9 Å². The first-order valence-electron chi connectivity index (χ1n) is 5.05. The summed E-state index contributed by atoms with van der Waals surface area (Å²) >= 11 is 0. The zero-order valence-corrected chi connectivity index (χ0v) is 9.29. The molecular weight excluding hydrogens is 184 g/mol. The first-order valence-corrected chi connectivity index (χ1v) is 5.05. The van der Waals surface area contributed by atoms with Gasteiger partial charge in [-0.15, -0.1) is 0 Å². The summed E-state index contributed by atoms with van der Waals surface area (Å²) in [5, 5.41) is 0. The molecule has 0 aromatic heterocycles. The lowest BCUT2D eigenvalue weighted by atomic mass is 10.3. The van der Waals surface area contributed by atoms with Crippen molar-refractivity contribution >= 4 is 0 Å². The molecule has 0 aromatic rings. The Labute approximate surface area is 86.5 Å². The van der Waals surface area contributed by atoms with Crippen molar-refractivity contribution < 1.29 is 18.9 Å². The summed E-state index contributed by atoms with van der Waals surface area (Å²) in [5.74, 6) is 0. The zero-order valence-electron chi connectivity index (χ0n) is 9.29. The number of hydrogen-bond acceptors (Lipinski definition) is 4. The van der Waals surface area contributed by atoms with Gasteiger partial charge in [0, 0.05) is 27.4 Å². The molecule has 0 aliphatic heterocycles. The van der Waals surface area contributed by atoms with Gasteiger partial charge in [0.1, 0.15) is 0 Å². The van der Waals surface area contributed by atoms with Gasteiger partial charge in [-0.25, -0.2) is 0 Å². The number of hydrogen-bond donors (Lipinski definition) is 0. The van der Waals surface area contributed by atoms with Gasteiger partial charge < -0.3 is 18.9 Å². The van der Waals surface area contributed by atoms with Crippen LogP contribution in [0.2, 0.25) is 0 Å². The second-order valence-corrected chi connectivity index (χ2v) is 2.92. The van der Waals surface area contributed by atoms with E-state index < -0.39 is 0 Å². The van der Waals surface area contributed by atoms with Crippen LogP contribution in [0.25, 0.3) is 0 Å². The fraction of sp³-hybridized carbons (Fsp3) is 1.00. The van der Waals surface area contributed by atoms with Gasteiger partial charge in [0.15, 0.2) is 0 Å². The van der Waals surface area contributed by atoms with E-state index >= 15 is 0 Å². The Balaban J connectivity index is 2.78. The molecule has 86 valence electrons. The van der Waals surface area contributed by atoms with E-state index in [-0.39, 0.29) is 0 Å². The van der Waals surface area contributed by atoms with E-state index in [4.69, 9.17) is 18.9 Å². The van der Waals surface area contributed by atoms with E-state index in [1.54, 1.807) is 14.2 Å². The molecule has 0 radical (unpaired) electrons. The molecule has 14 heavy (non-hydrogen) atoms. The molecule has 0 fully saturated rings. The van der Waals surface area contributed by atoms with Crippen molar-refractivity contribution in [3.05, 3.63) is 0 Å². The van der Waals surface area contributed by atoms with E-state index in [9.17, 15) is 0 Å². The normalized spacial score (nSPS) is 10.7. The number of rotatable bonds is 11. The molecule has 0 atom stereocenters. The summed E-state index contributed by atoms with van der Waals surface area (Å²) in [4.78, 5) is 0. The van der Waals surface area contributed by atoms with Crippen molar-refractivity contribution in [1.29, 1.82) is 0 Å². The van der Waals surface area contributed by atoms with E-state index in [2.05, 4.69) is 0 Å². The van der Waals surface area contributed by atoms with E-state index in [1.807, 2.05) is 0 Å². The molecule has 0 aliphatic carbocycles. The second-order valence-electron chi connectivity index (χ2n) is 2.92. The van der Waals surface area contributed by atoms with Gasteiger partial charge in [0.2, 0.25) is 0 Å². The van der Waals surface area contributed by atoms with Crippen LogP contribution in [0.5, 0.6) is 0 Å². The van der Waals surface area contributed by atoms with Crippen LogP contribution >= 0.6 is 0 Å². The van der Waals surface area contributed by atoms with E-state index in [0.717, 1.165) is 26.1 Å². The highest BCUT2D eigenvalue weighted by Crippen LogP contribution is 1.90. The maximum absolute atomic E-state index is 5.34. The van der Waals surface area contributed by atoms with Gasteiger partial charge in [-0.2, -0.15) is 0 Å². The molecule has 0 unspecified atom stereocenters. The monoisotopic (exact) mass is 206 g/mol. The Hall–Kier alpha value is -0.160. The molecule has 0 amide bonds. The van der Waals surface area contributed by atoms with E-state index in [1.165, 1.54) is 0 Å². The minimum absolute atomic E-state index is 0.642. The molecule has 0 saturated heterocycles. The Morgan fingerprint density at radius 2 is 1.07 bits per heavy atom. The van der Waals surface area contributed by atoms with Gasteiger partial charge in [0.05, 0.1) is 26.4 Å². The molecule has 0 aromatic carbocycles. The van der Waals surface area contributed by atoms with Crippen LogP contribution < -0.4 is 0 Å². The Morgan fingerprint density at radius 3 is 1.71 bits per heavy atom. The van der Waals surface area contributed by atoms with Crippen molar-refractivity contribution in [2.45, 2.75) is 12.8 Å². The average Bonchev–Trinajstić information content (AvgIpc) is 2.21. The Bertz CT molecular complexity index is 86.1.